The molecule has 0 aromatic carbocycles. The summed E-state index contributed by atoms with van der Waals surface area (Å²) in [6.07, 6.45) is 1.92. The predicted molar refractivity (Wildman–Crippen MR) is 82.9 cm³/mol. The number of nitrogens with zero attached hydrogens (tertiary/aromatic N) is 1. The fraction of sp³-hybridized carbons (Fsp3) is 0.688. The van der Waals surface area contributed by atoms with Crippen molar-refractivity contribution in [2.45, 2.75) is 26.0 Å². The lowest BCUT2D eigenvalue weighted by Gasteiger charge is -2.29. The molecule has 1 fully saturated rings. The van der Waals surface area contributed by atoms with Crippen LogP contribution in [0.3, 0.4) is 0 Å². The molecular weight excluding hydrogens is 282 g/mol. The Balaban J connectivity index is 1.61. The molecule has 3 rings (SSSR count). The number of aliphatic hydroxyl groups excluding tert-OH is 1. The summed E-state index contributed by atoms with van der Waals surface area (Å²) in [6.45, 7) is 7.05. The molecule has 0 spiro atoms. The highest BCUT2D eigenvalue weighted by atomic mass is 16.5. The van der Waals surface area contributed by atoms with Crippen LogP contribution in [0.15, 0.2) is 6.20 Å². The maximum atomic E-state index is 12.7. The summed E-state index contributed by atoms with van der Waals surface area (Å²) < 4.78 is 5.32. The van der Waals surface area contributed by atoms with Crippen LogP contribution in [0.25, 0.3) is 0 Å². The number of ketones is 1. The number of H-pyrrole nitrogens is 1. The van der Waals surface area contributed by atoms with Crippen LogP contribution in [0.1, 0.15) is 28.0 Å². The van der Waals surface area contributed by atoms with Gasteiger partial charge in [0.15, 0.2) is 5.78 Å². The second kappa shape index (κ2) is 6.91. The first-order valence-electron chi connectivity index (χ1n) is 8.05. The molecule has 6 heteroatoms. The molecule has 3 N–H and O–H groups in total. The normalized spacial score (nSPS) is 24.8. The van der Waals surface area contributed by atoms with E-state index in [0.717, 1.165) is 43.1 Å². The number of hydrogen-bond donors (Lipinski definition) is 3. The molecule has 2 aliphatic rings. The molecule has 22 heavy (non-hydrogen) atoms. The first-order chi connectivity index (χ1) is 10.6. The lowest BCUT2D eigenvalue weighted by atomic mass is 9.91. The van der Waals surface area contributed by atoms with Crippen molar-refractivity contribution in [3.05, 3.63) is 23.0 Å². The van der Waals surface area contributed by atoms with Crippen LogP contribution < -0.4 is 5.32 Å². The van der Waals surface area contributed by atoms with Gasteiger partial charge in [0.25, 0.3) is 0 Å². The van der Waals surface area contributed by atoms with E-state index in [1.165, 1.54) is 0 Å². The fourth-order valence-corrected chi connectivity index (χ4v) is 3.40. The monoisotopic (exact) mass is 307 g/mol. The molecule has 0 radical (unpaired) electrons. The lowest BCUT2D eigenvalue weighted by Crippen LogP contribution is -2.42. The van der Waals surface area contributed by atoms with Crippen LogP contribution in [0.2, 0.25) is 0 Å². The van der Waals surface area contributed by atoms with E-state index in [1.807, 2.05) is 13.1 Å². The molecule has 0 bridgehead atoms. The van der Waals surface area contributed by atoms with E-state index in [0.29, 0.717) is 26.1 Å². The zero-order valence-electron chi connectivity index (χ0n) is 13.1. The van der Waals surface area contributed by atoms with Gasteiger partial charge in [-0.15, -0.1) is 0 Å². The number of aliphatic hydroxyl groups is 1. The highest BCUT2D eigenvalue weighted by Crippen LogP contribution is 2.23. The number of Topliss-reactive ketones (excluding diaryl/α,β-unsaturated/α-hetero) is 1. The molecular formula is C16H25N3O3. The SMILES string of the molecule is Cc1c[nH]c2c1C(=O)C(C[C@@H](O)CN1CCOCC1)CNC2. The van der Waals surface area contributed by atoms with Crippen molar-refractivity contribution in [3.63, 3.8) is 0 Å². The van der Waals surface area contributed by atoms with Crippen LogP contribution >= 0.6 is 0 Å². The molecule has 2 atom stereocenters. The number of ether oxygens (including phenoxy) is 1. The Bertz CT molecular complexity index is 523. The summed E-state index contributed by atoms with van der Waals surface area (Å²) in [5, 5.41) is 13.7. The minimum absolute atomic E-state index is 0.153. The molecule has 0 aliphatic carbocycles. The Hall–Kier alpha value is -1.21. The number of nitrogens with one attached hydrogen (secondary N) is 2. The van der Waals surface area contributed by atoms with Crippen LogP contribution in [0.5, 0.6) is 0 Å². The highest BCUT2D eigenvalue weighted by Gasteiger charge is 2.30. The second-order valence-electron chi connectivity index (χ2n) is 6.32. The van der Waals surface area contributed by atoms with E-state index in [1.54, 1.807) is 0 Å². The number of fused-ring (bicyclic) bond motifs is 1. The molecule has 2 aliphatic heterocycles. The highest BCUT2D eigenvalue weighted by molar-refractivity contribution is 6.00. The topological polar surface area (TPSA) is 77.6 Å². The first kappa shape index (κ1) is 15.7. The molecule has 122 valence electrons. The number of morpholine rings is 1. The van der Waals surface area contributed by atoms with E-state index in [4.69, 9.17) is 4.74 Å². The predicted octanol–water partition coefficient (Wildman–Crippen LogP) is 0.308. The quantitative estimate of drug-likeness (QED) is 0.746. The summed E-state index contributed by atoms with van der Waals surface area (Å²) in [6, 6.07) is 0. The minimum atomic E-state index is -0.477. The average Bonchev–Trinajstić information content (AvgIpc) is 2.79. The Morgan fingerprint density at radius 3 is 3.00 bits per heavy atom. The second-order valence-corrected chi connectivity index (χ2v) is 6.32. The number of aromatic nitrogens is 1. The lowest BCUT2D eigenvalue weighted by molar-refractivity contribution is 0.0101. The van der Waals surface area contributed by atoms with Crippen LogP contribution in [0, 0.1) is 12.8 Å². The molecule has 1 saturated heterocycles. The zero-order valence-corrected chi connectivity index (χ0v) is 13.1. The van der Waals surface area contributed by atoms with E-state index in [-0.39, 0.29) is 11.7 Å². The summed E-state index contributed by atoms with van der Waals surface area (Å²) in [7, 11) is 0. The summed E-state index contributed by atoms with van der Waals surface area (Å²) in [4.78, 5) is 18.1. The number of rotatable bonds is 4. The third-order valence-corrected chi connectivity index (χ3v) is 4.60. The van der Waals surface area contributed by atoms with Crippen LogP contribution in [-0.4, -0.2) is 66.3 Å². The number of β-amino-alcohol motifs (C(OH)–C–C–N with tert-alkyl or cyclic N) is 1. The number of carbonyl (C=O) groups is 1. The Labute approximate surface area is 130 Å². The standard InChI is InChI=1S/C16H25N3O3/c1-11-7-18-14-9-17-8-12(16(21)15(11)14)6-13(20)10-19-2-4-22-5-3-19/h7,12-13,17-18,20H,2-6,8-10H2,1H3/t12?,13-/m1/s1. The number of carbonyl (C=O) groups excluding carboxylic acids is 1. The van der Waals surface area contributed by atoms with Gasteiger partial charge in [0.05, 0.1) is 19.3 Å². The Morgan fingerprint density at radius 2 is 2.23 bits per heavy atom. The van der Waals surface area contributed by atoms with E-state index >= 15 is 0 Å². The number of hydrogen-bond acceptors (Lipinski definition) is 5. The summed E-state index contributed by atoms with van der Waals surface area (Å²) >= 11 is 0. The van der Waals surface area contributed by atoms with Gasteiger partial charge in [-0.25, -0.2) is 0 Å². The van der Waals surface area contributed by atoms with Crippen LogP contribution in [-0.2, 0) is 11.3 Å². The van der Waals surface area contributed by atoms with Crippen molar-refractivity contribution in [3.8, 4) is 0 Å². The van der Waals surface area contributed by atoms with Crippen molar-refractivity contribution in [1.29, 1.82) is 0 Å². The molecule has 6 nitrogen and oxygen atoms in total. The fourth-order valence-electron chi connectivity index (χ4n) is 3.40. The van der Waals surface area contributed by atoms with Gasteiger partial charge in [-0.1, -0.05) is 0 Å². The summed E-state index contributed by atoms with van der Waals surface area (Å²) in [5.41, 5.74) is 2.78. The Kier molecular flexibility index (Phi) is 4.93. The largest absolute Gasteiger partial charge is 0.392 e. The van der Waals surface area contributed by atoms with E-state index in [9.17, 15) is 9.90 Å². The molecule has 1 unspecified atom stereocenters. The van der Waals surface area contributed by atoms with Gasteiger partial charge in [-0.2, -0.15) is 0 Å². The molecule has 0 saturated carbocycles. The molecule has 3 heterocycles. The van der Waals surface area contributed by atoms with Gasteiger partial charge in [0, 0.05) is 56.1 Å². The van der Waals surface area contributed by atoms with E-state index < -0.39 is 6.10 Å². The van der Waals surface area contributed by atoms with Crippen molar-refractivity contribution >= 4 is 5.78 Å². The first-order valence-corrected chi connectivity index (χ1v) is 8.05. The van der Waals surface area contributed by atoms with Gasteiger partial charge in [0.1, 0.15) is 0 Å². The summed E-state index contributed by atoms with van der Waals surface area (Å²) in [5.74, 6) is -0.00781. The van der Waals surface area contributed by atoms with Crippen molar-refractivity contribution in [2.24, 2.45) is 5.92 Å². The van der Waals surface area contributed by atoms with Crippen molar-refractivity contribution < 1.29 is 14.6 Å². The molecule has 1 aromatic rings. The van der Waals surface area contributed by atoms with Gasteiger partial charge in [-0.3, -0.25) is 9.69 Å². The molecule has 1 aromatic heterocycles. The van der Waals surface area contributed by atoms with E-state index in [2.05, 4.69) is 15.2 Å². The van der Waals surface area contributed by atoms with Gasteiger partial charge in [-0.05, 0) is 18.9 Å². The van der Waals surface area contributed by atoms with Gasteiger partial charge < -0.3 is 20.1 Å². The third kappa shape index (κ3) is 3.41. The third-order valence-electron chi connectivity index (χ3n) is 4.60. The van der Waals surface area contributed by atoms with Crippen molar-refractivity contribution in [2.75, 3.05) is 39.4 Å². The smallest absolute Gasteiger partial charge is 0.169 e. The number of aryl methyl sites for hydroxylation is 1. The van der Waals surface area contributed by atoms with Gasteiger partial charge in [0.2, 0.25) is 0 Å². The maximum Gasteiger partial charge on any atom is 0.169 e. The Morgan fingerprint density at radius 1 is 1.45 bits per heavy atom. The van der Waals surface area contributed by atoms with Crippen LogP contribution in [0.4, 0.5) is 0 Å². The molecule has 0 amide bonds. The average molecular weight is 307 g/mol. The minimum Gasteiger partial charge on any atom is -0.392 e. The van der Waals surface area contributed by atoms with Crippen molar-refractivity contribution in [1.82, 2.24) is 15.2 Å². The number of aromatic amines is 1. The zero-order chi connectivity index (χ0) is 15.5. The maximum absolute atomic E-state index is 12.7. The van der Waals surface area contributed by atoms with Gasteiger partial charge >= 0.3 is 0 Å².